The predicted octanol–water partition coefficient (Wildman–Crippen LogP) is 3.16. The largest absolute Gasteiger partial charge is 0.366 e. The molecule has 92 valence electrons. The van der Waals surface area contributed by atoms with E-state index in [1.54, 1.807) is 11.8 Å². The molecule has 1 aromatic carbocycles. The first kappa shape index (κ1) is 12.8. The Morgan fingerprint density at radius 3 is 2.72 bits per heavy atom. The molecule has 1 saturated carbocycles. The molecule has 0 heterocycles. The molecule has 0 saturated heterocycles. The fourth-order valence-electron chi connectivity index (χ4n) is 2.10. The van der Waals surface area contributed by atoms with E-state index >= 15 is 0 Å². The lowest BCUT2D eigenvalue weighted by atomic mass is 10.1. The average molecular weight is 257 g/mol. The normalized spacial score (nSPS) is 13.7. The van der Waals surface area contributed by atoms with Gasteiger partial charge in [-0.1, -0.05) is 6.07 Å². The van der Waals surface area contributed by atoms with Crippen molar-refractivity contribution in [3.8, 4) is 12.1 Å². The topological polar surface area (TPSA) is 50.8 Å². The molecule has 0 bridgehead atoms. The highest BCUT2D eigenvalue weighted by atomic mass is 32.2. The molecule has 0 N–H and O–H groups in total. The summed E-state index contributed by atoms with van der Waals surface area (Å²) in [5, 5.41) is 18.1. The van der Waals surface area contributed by atoms with Crippen molar-refractivity contribution in [3.63, 3.8) is 0 Å². The molecule has 0 atom stereocenters. The van der Waals surface area contributed by atoms with Gasteiger partial charge in [0.25, 0.3) is 0 Å². The Balaban J connectivity index is 2.35. The molecule has 0 amide bonds. The second-order valence-electron chi connectivity index (χ2n) is 4.30. The van der Waals surface area contributed by atoms with Crippen molar-refractivity contribution in [1.82, 2.24) is 0 Å². The van der Waals surface area contributed by atoms with Crippen molar-refractivity contribution in [1.29, 1.82) is 10.5 Å². The molecule has 0 radical (unpaired) electrons. The van der Waals surface area contributed by atoms with E-state index in [2.05, 4.69) is 17.0 Å². The summed E-state index contributed by atoms with van der Waals surface area (Å²) in [4.78, 5) is 3.24. The number of hydrogen-bond donors (Lipinski definition) is 0. The first-order valence-corrected chi connectivity index (χ1v) is 7.25. The quantitative estimate of drug-likeness (QED) is 0.760. The molecular formula is C14H15N3S. The minimum absolute atomic E-state index is 0.505. The predicted molar refractivity (Wildman–Crippen MR) is 73.5 cm³/mol. The molecule has 0 unspecified atom stereocenters. The van der Waals surface area contributed by atoms with Crippen LogP contribution in [0, 0.1) is 22.7 Å². The zero-order valence-electron chi connectivity index (χ0n) is 10.4. The van der Waals surface area contributed by atoms with Crippen LogP contribution in [0.4, 0.5) is 5.69 Å². The Labute approximate surface area is 112 Å². The number of thioether (sulfide) groups is 1. The standard InChI is InChI=1S/C14H15N3S/c1-18-14-5-2-4-13(12(14)10-16)17(9-3-8-15)11-6-7-11/h2,4-5,11H,3,6-7,9H2,1H3. The third kappa shape index (κ3) is 2.60. The van der Waals surface area contributed by atoms with Gasteiger partial charge in [-0.25, -0.2) is 0 Å². The van der Waals surface area contributed by atoms with E-state index in [0.717, 1.165) is 16.1 Å². The van der Waals surface area contributed by atoms with Gasteiger partial charge in [-0.15, -0.1) is 11.8 Å². The van der Waals surface area contributed by atoms with Gasteiger partial charge in [-0.05, 0) is 31.2 Å². The van der Waals surface area contributed by atoms with E-state index in [1.165, 1.54) is 12.8 Å². The van der Waals surface area contributed by atoms with E-state index < -0.39 is 0 Å². The van der Waals surface area contributed by atoms with Crippen LogP contribution in [0.3, 0.4) is 0 Å². The summed E-state index contributed by atoms with van der Waals surface area (Å²) in [7, 11) is 0. The van der Waals surface area contributed by atoms with Crippen molar-refractivity contribution in [3.05, 3.63) is 23.8 Å². The Hall–Kier alpha value is -1.65. The van der Waals surface area contributed by atoms with Crippen LogP contribution in [-0.2, 0) is 0 Å². The Morgan fingerprint density at radius 1 is 1.39 bits per heavy atom. The van der Waals surface area contributed by atoms with Crippen molar-refractivity contribution < 1.29 is 0 Å². The lowest BCUT2D eigenvalue weighted by Crippen LogP contribution is -2.27. The Kier molecular flexibility index (Phi) is 4.12. The van der Waals surface area contributed by atoms with Gasteiger partial charge in [0, 0.05) is 17.5 Å². The Morgan fingerprint density at radius 2 is 2.17 bits per heavy atom. The van der Waals surface area contributed by atoms with Crippen molar-refractivity contribution in [2.24, 2.45) is 0 Å². The van der Waals surface area contributed by atoms with Gasteiger partial charge in [0.15, 0.2) is 0 Å². The first-order valence-electron chi connectivity index (χ1n) is 6.02. The monoisotopic (exact) mass is 257 g/mol. The average Bonchev–Trinajstić information content (AvgIpc) is 3.23. The van der Waals surface area contributed by atoms with Crippen LogP contribution in [0.25, 0.3) is 0 Å². The third-order valence-electron chi connectivity index (χ3n) is 3.10. The molecule has 1 aromatic rings. The molecule has 0 aromatic heterocycles. The van der Waals surface area contributed by atoms with Gasteiger partial charge in [-0.2, -0.15) is 10.5 Å². The number of nitriles is 2. The number of benzene rings is 1. The van der Waals surface area contributed by atoms with Gasteiger partial charge in [-0.3, -0.25) is 0 Å². The fourth-order valence-corrected chi connectivity index (χ4v) is 2.67. The zero-order chi connectivity index (χ0) is 13.0. The molecule has 1 aliphatic carbocycles. The lowest BCUT2D eigenvalue weighted by Gasteiger charge is -2.25. The highest BCUT2D eigenvalue weighted by Gasteiger charge is 2.30. The maximum Gasteiger partial charge on any atom is 0.103 e. The van der Waals surface area contributed by atoms with Crippen LogP contribution in [0.5, 0.6) is 0 Å². The smallest absolute Gasteiger partial charge is 0.103 e. The minimum atomic E-state index is 0.505. The molecule has 0 spiro atoms. The maximum absolute atomic E-state index is 9.35. The molecular weight excluding hydrogens is 242 g/mol. The van der Waals surface area contributed by atoms with E-state index in [0.29, 0.717) is 19.0 Å². The summed E-state index contributed by atoms with van der Waals surface area (Å²) < 4.78 is 0. The van der Waals surface area contributed by atoms with E-state index in [1.807, 2.05) is 24.5 Å². The second kappa shape index (κ2) is 5.80. The molecule has 4 heteroatoms. The summed E-state index contributed by atoms with van der Waals surface area (Å²) in [6.07, 6.45) is 4.82. The van der Waals surface area contributed by atoms with Crippen LogP contribution >= 0.6 is 11.8 Å². The molecule has 2 rings (SSSR count). The first-order chi connectivity index (χ1) is 8.81. The van der Waals surface area contributed by atoms with Gasteiger partial charge < -0.3 is 4.90 Å². The van der Waals surface area contributed by atoms with E-state index in [9.17, 15) is 5.26 Å². The van der Waals surface area contributed by atoms with Crippen molar-refractivity contribution in [2.45, 2.75) is 30.2 Å². The zero-order valence-corrected chi connectivity index (χ0v) is 11.2. The highest BCUT2D eigenvalue weighted by Crippen LogP contribution is 2.36. The van der Waals surface area contributed by atoms with E-state index in [-0.39, 0.29) is 0 Å². The summed E-state index contributed by atoms with van der Waals surface area (Å²) in [5.41, 5.74) is 1.73. The lowest BCUT2D eigenvalue weighted by molar-refractivity contribution is 0.790. The summed E-state index contributed by atoms with van der Waals surface area (Å²) in [5.74, 6) is 0. The highest BCUT2D eigenvalue weighted by molar-refractivity contribution is 7.98. The van der Waals surface area contributed by atoms with Crippen LogP contribution < -0.4 is 4.90 Å². The Bertz CT molecular complexity index is 509. The number of anilines is 1. The maximum atomic E-state index is 9.35. The van der Waals surface area contributed by atoms with Crippen molar-refractivity contribution in [2.75, 3.05) is 17.7 Å². The summed E-state index contributed by atoms with van der Waals surface area (Å²) in [6, 6.07) is 11.0. The molecule has 1 aliphatic rings. The van der Waals surface area contributed by atoms with E-state index in [4.69, 9.17) is 5.26 Å². The molecule has 3 nitrogen and oxygen atoms in total. The number of hydrogen-bond acceptors (Lipinski definition) is 4. The van der Waals surface area contributed by atoms with Gasteiger partial charge in [0.2, 0.25) is 0 Å². The van der Waals surface area contributed by atoms with Crippen LogP contribution in [0.15, 0.2) is 23.1 Å². The number of rotatable bonds is 5. The summed E-state index contributed by atoms with van der Waals surface area (Å²) >= 11 is 1.59. The second-order valence-corrected chi connectivity index (χ2v) is 5.15. The molecule has 18 heavy (non-hydrogen) atoms. The molecule has 0 aliphatic heterocycles. The van der Waals surface area contributed by atoms with Crippen LogP contribution in [-0.4, -0.2) is 18.8 Å². The molecule has 1 fully saturated rings. The minimum Gasteiger partial charge on any atom is -0.366 e. The third-order valence-corrected chi connectivity index (χ3v) is 3.88. The van der Waals surface area contributed by atoms with Crippen LogP contribution in [0.1, 0.15) is 24.8 Å². The number of nitrogens with zero attached hydrogens (tertiary/aromatic N) is 3. The van der Waals surface area contributed by atoms with Gasteiger partial charge in [0.1, 0.15) is 6.07 Å². The van der Waals surface area contributed by atoms with Crippen LogP contribution in [0.2, 0.25) is 0 Å². The SMILES string of the molecule is CSc1cccc(N(CCC#N)C2CC2)c1C#N. The van der Waals surface area contributed by atoms with Gasteiger partial charge >= 0.3 is 0 Å². The fraction of sp³-hybridized carbons (Fsp3) is 0.429. The van der Waals surface area contributed by atoms with Gasteiger partial charge in [0.05, 0.1) is 23.7 Å². The summed E-state index contributed by atoms with van der Waals surface area (Å²) in [6.45, 7) is 0.716. The van der Waals surface area contributed by atoms with Crippen molar-refractivity contribution >= 4 is 17.4 Å².